The number of nitrogens with zero attached hydrogens (tertiary/aromatic N) is 1. The van der Waals surface area contributed by atoms with Crippen LogP contribution in [-0.2, 0) is 4.79 Å². The van der Waals surface area contributed by atoms with Crippen LogP contribution < -0.4 is 5.32 Å². The quantitative estimate of drug-likeness (QED) is 0.875. The molecule has 1 aromatic carbocycles. The predicted molar refractivity (Wildman–Crippen MR) is 85.2 cm³/mol. The summed E-state index contributed by atoms with van der Waals surface area (Å²) in [5, 5.41) is 12.6. The summed E-state index contributed by atoms with van der Waals surface area (Å²) < 4.78 is 0. The fourth-order valence-corrected chi connectivity index (χ4v) is 2.94. The number of carbonyl (C=O) groups is 2. The summed E-state index contributed by atoms with van der Waals surface area (Å²) in [7, 11) is 1.61. The number of amides is 2. The van der Waals surface area contributed by atoms with E-state index in [0.29, 0.717) is 5.92 Å². The molecular weight excluding hydrogens is 304 g/mol. The third kappa shape index (κ3) is 3.91. The molecule has 2 N–H and O–H groups in total. The number of carbonyl (C=O) groups excluding carboxylic acids is 1. The minimum atomic E-state index is -0.901. The number of halogens is 1. The molecule has 1 saturated carbocycles. The Labute approximate surface area is 135 Å². The molecule has 2 rings (SSSR count). The van der Waals surface area contributed by atoms with Crippen LogP contribution in [0.5, 0.6) is 0 Å². The molecule has 1 aliphatic rings. The van der Waals surface area contributed by atoms with Crippen molar-refractivity contribution in [2.75, 3.05) is 13.6 Å². The third-order valence-corrected chi connectivity index (χ3v) is 4.47. The number of rotatable bonds is 5. The first-order valence-electron chi connectivity index (χ1n) is 7.37. The van der Waals surface area contributed by atoms with Crippen molar-refractivity contribution in [1.29, 1.82) is 0 Å². The molecule has 5 nitrogen and oxygen atoms in total. The van der Waals surface area contributed by atoms with Gasteiger partial charge >= 0.3 is 12.0 Å². The van der Waals surface area contributed by atoms with E-state index in [9.17, 15) is 9.59 Å². The van der Waals surface area contributed by atoms with Crippen molar-refractivity contribution >= 4 is 23.6 Å². The van der Waals surface area contributed by atoms with Crippen molar-refractivity contribution in [3.63, 3.8) is 0 Å². The van der Waals surface area contributed by atoms with Gasteiger partial charge in [-0.05, 0) is 30.4 Å². The summed E-state index contributed by atoms with van der Waals surface area (Å²) in [6, 6.07) is 7.67. The average Bonchev–Trinajstić information content (AvgIpc) is 2.43. The van der Waals surface area contributed by atoms with Gasteiger partial charge in [-0.2, -0.15) is 0 Å². The van der Waals surface area contributed by atoms with Gasteiger partial charge in [0.15, 0.2) is 0 Å². The number of urea groups is 1. The minimum Gasteiger partial charge on any atom is -0.481 e. The van der Waals surface area contributed by atoms with Gasteiger partial charge < -0.3 is 15.3 Å². The summed E-state index contributed by atoms with van der Waals surface area (Å²) in [4.78, 5) is 24.2. The molecule has 0 aliphatic heterocycles. The fourth-order valence-electron chi connectivity index (χ4n) is 2.65. The maximum atomic E-state index is 12.0. The van der Waals surface area contributed by atoms with Crippen molar-refractivity contribution < 1.29 is 14.7 Å². The second-order valence-electron chi connectivity index (χ2n) is 5.96. The van der Waals surface area contributed by atoms with Gasteiger partial charge in [0.25, 0.3) is 0 Å². The number of benzene rings is 1. The van der Waals surface area contributed by atoms with Gasteiger partial charge in [-0.3, -0.25) is 4.79 Å². The van der Waals surface area contributed by atoms with Crippen LogP contribution in [-0.4, -0.2) is 41.6 Å². The molecule has 0 radical (unpaired) electrons. The Morgan fingerprint density at radius 2 is 2.05 bits per heavy atom. The van der Waals surface area contributed by atoms with Crippen LogP contribution in [0.15, 0.2) is 24.3 Å². The molecule has 1 aromatic rings. The highest BCUT2D eigenvalue weighted by Crippen LogP contribution is 2.39. The molecule has 0 saturated heterocycles. The largest absolute Gasteiger partial charge is 0.481 e. The first-order chi connectivity index (χ1) is 10.4. The van der Waals surface area contributed by atoms with Crippen molar-refractivity contribution in [3.05, 3.63) is 34.9 Å². The Morgan fingerprint density at radius 1 is 1.41 bits per heavy atom. The van der Waals surface area contributed by atoms with Crippen LogP contribution >= 0.6 is 11.6 Å². The van der Waals surface area contributed by atoms with Crippen molar-refractivity contribution in [1.82, 2.24) is 10.2 Å². The van der Waals surface area contributed by atoms with Crippen molar-refractivity contribution in [2.45, 2.75) is 31.7 Å². The van der Waals surface area contributed by atoms with E-state index in [2.05, 4.69) is 5.32 Å². The normalized spacial score (nSPS) is 21.6. The maximum absolute atomic E-state index is 12.0. The molecule has 1 aliphatic carbocycles. The molecule has 1 fully saturated rings. The Morgan fingerprint density at radius 3 is 2.64 bits per heavy atom. The van der Waals surface area contributed by atoms with Crippen molar-refractivity contribution in [3.8, 4) is 0 Å². The zero-order valence-corrected chi connectivity index (χ0v) is 13.5. The molecule has 6 heteroatoms. The molecule has 0 aromatic heterocycles. The predicted octanol–water partition coefficient (Wildman–Crippen LogP) is 2.95. The highest BCUT2D eigenvalue weighted by Gasteiger charge is 2.33. The molecule has 1 unspecified atom stereocenters. The number of aliphatic carboxylic acids is 1. The first kappa shape index (κ1) is 16.6. The highest BCUT2D eigenvalue weighted by atomic mass is 35.5. The second kappa shape index (κ2) is 7.01. The van der Waals surface area contributed by atoms with E-state index in [1.807, 2.05) is 24.3 Å². The van der Waals surface area contributed by atoms with Gasteiger partial charge in [0, 0.05) is 24.7 Å². The highest BCUT2D eigenvalue weighted by molar-refractivity contribution is 6.31. The lowest BCUT2D eigenvalue weighted by Crippen LogP contribution is -2.49. The monoisotopic (exact) mass is 324 g/mol. The SMILES string of the molecule is CC(CN(C)C(=O)NC1CC(c2ccccc2Cl)C1)C(=O)O. The summed E-state index contributed by atoms with van der Waals surface area (Å²) in [6.45, 7) is 1.78. The molecular formula is C16H21ClN2O3. The standard InChI is InChI=1S/C16H21ClN2O3/c1-10(15(20)21)9-19(2)16(22)18-12-7-11(8-12)13-5-3-4-6-14(13)17/h3-6,10-12H,7-9H2,1-2H3,(H,18,22)(H,20,21). The van der Waals surface area contributed by atoms with E-state index in [0.717, 1.165) is 23.4 Å². The molecule has 120 valence electrons. The van der Waals surface area contributed by atoms with Crippen LogP contribution in [0.2, 0.25) is 5.02 Å². The molecule has 22 heavy (non-hydrogen) atoms. The number of hydrogen-bond acceptors (Lipinski definition) is 2. The Bertz CT molecular complexity index is 558. The third-order valence-electron chi connectivity index (χ3n) is 4.13. The van der Waals surface area contributed by atoms with Crippen molar-refractivity contribution in [2.24, 2.45) is 5.92 Å². The summed E-state index contributed by atoms with van der Waals surface area (Å²) in [6.07, 6.45) is 1.72. The molecule has 1 atom stereocenters. The average molecular weight is 325 g/mol. The molecule has 2 amide bonds. The zero-order chi connectivity index (χ0) is 16.3. The fraction of sp³-hybridized carbons (Fsp3) is 0.500. The smallest absolute Gasteiger partial charge is 0.317 e. The molecule has 0 spiro atoms. The zero-order valence-electron chi connectivity index (χ0n) is 12.8. The lowest BCUT2D eigenvalue weighted by Gasteiger charge is -2.37. The van der Waals surface area contributed by atoms with Crippen LogP contribution in [0, 0.1) is 5.92 Å². The van der Waals surface area contributed by atoms with E-state index in [4.69, 9.17) is 16.7 Å². The second-order valence-corrected chi connectivity index (χ2v) is 6.36. The summed E-state index contributed by atoms with van der Waals surface area (Å²) >= 11 is 6.17. The summed E-state index contributed by atoms with van der Waals surface area (Å²) in [5.41, 5.74) is 1.13. The van der Waals surface area contributed by atoms with Gasteiger partial charge in [0.1, 0.15) is 0 Å². The van der Waals surface area contributed by atoms with E-state index >= 15 is 0 Å². The maximum Gasteiger partial charge on any atom is 0.317 e. The Balaban J connectivity index is 1.79. The van der Waals surface area contributed by atoms with Crippen LogP contribution in [0.25, 0.3) is 0 Å². The van der Waals surface area contributed by atoms with Gasteiger partial charge in [-0.25, -0.2) is 4.79 Å². The lowest BCUT2D eigenvalue weighted by atomic mass is 9.76. The van der Waals surface area contributed by atoms with E-state index in [1.165, 1.54) is 4.90 Å². The topological polar surface area (TPSA) is 69.6 Å². The van der Waals surface area contributed by atoms with E-state index in [1.54, 1.807) is 14.0 Å². The number of carboxylic acids is 1. The van der Waals surface area contributed by atoms with Gasteiger partial charge in [-0.15, -0.1) is 0 Å². The van der Waals surface area contributed by atoms with E-state index < -0.39 is 11.9 Å². The molecule has 0 heterocycles. The lowest BCUT2D eigenvalue weighted by molar-refractivity contribution is -0.141. The van der Waals surface area contributed by atoms with E-state index in [-0.39, 0.29) is 18.6 Å². The van der Waals surface area contributed by atoms with Gasteiger partial charge in [0.2, 0.25) is 0 Å². The number of nitrogens with one attached hydrogen (secondary N) is 1. The van der Waals surface area contributed by atoms with Crippen LogP contribution in [0.3, 0.4) is 0 Å². The minimum absolute atomic E-state index is 0.122. The van der Waals surface area contributed by atoms with Gasteiger partial charge in [-0.1, -0.05) is 36.7 Å². The summed E-state index contributed by atoms with van der Waals surface area (Å²) in [5.74, 6) is -1.10. The van der Waals surface area contributed by atoms with Crippen LogP contribution in [0.1, 0.15) is 31.2 Å². The number of carboxylic acid groups (broad SMARTS) is 1. The van der Waals surface area contributed by atoms with Gasteiger partial charge in [0.05, 0.1) is 5.92 Å². The first-order valence-corrected chi connectivity index (χ1v) is 7.75. The Kier molecular flexibility index (Phi) is 5.29. The Hall–Kier alpha value is -1.75. The number of hydrogen-bond donors (Lipinski definition) is 2. The molecule has 0 bridgehead atoms. The van der Waals surface area contributed by atoms with Crippen LogP contribution in [0.4, 0.5) is 4.79 Å².